The summed E-state index contributed by atoms with van der Waals surface area (Å²) in [5, 5.41) is 13.6. The molecule has 294 valence electrons. The van der Waals surface area contributed by atoms with Crippen molar-refractivity contribution in [1.82, 2.24) is 5.32 Å². The molecule has 0 spiro atoms. The third kappa shape index (κ3) is 36.1. The first kappa shape index (κ1) is 48.9. The third-order valence-electron chi connectivity index (χ3n) is 8.29. The fraction of sp³-hybridized carbons (Fsp3) is 0.690. The van der Waals surface area contributed by atoms with Gasteiger partial charge in [0, 0.05) is 13.0 Å². The van der Waals surface area contributed by atoms with Crippen LogP contribution in [0.2, 0.25) is 0 Å². The first-order valence-corrected chi connectivity index (χ1v) is 21.6. The minimum Gasteiger partial charge on any atom is -0.387 e. The highest BCUT2D eigenvalue weighted by Gasteiger charge is 2.26. The molecule has 3 unspecified atom stereocenters. The second-order valence-electron chi connectivity index (χ2n) is 13.1. The standard InChI is InChI=1S/C42H75N2O6P/c1-3-5-7-9-11-13-15-16-17-18-19-20-21-22-23-24-26-28-30-32-34-36-42(46)44-40(39-50-51(47,48)49-38-37-43)41(45)35-33-31-29-27-25-14-12-10-8-6-4-2/h5,7,11,13,16-17,19-20,22-23,33,35,40-41,45H,3-4,6,8-10,12,14-15,18,21,24-32,34,36-39,43H2,1-2H3,(H,44,46)(H,47,48)/b7-5-,13-11-,17-16-,20-19-,23-22-,35-33+. The molecule has 8 nitrogen and oxygen atoms in total. The number of phosphoric ester groups is 1. The van der Waals surface area contributed by atoms with E-state index in [-0.39, 0.29) is 25.7 Å². The Morgan fingerprint density at radius 1 is 0.667 bits per heavy atom. The third-order valence-corrected chi connectivity index (χ3v) is 9.27. The number of allylic oxidation sites excluding steroid dienone is 11. The Labute approximate surface area is 312 Å². The van der Waals surface area contributed by atoms with Crippen LogP contribution in [0.3, 0.4) is 0 Å². The Hall–Kier alpha value is -2.06. The van der Waals surface area contributed by atoms with Crippen molar-refractivity contribution >= 4 is 13.7 Å². The number of carbonyl (C=O) groups is 1. The van der Waals surface area contributed by atoms with Gasteiger partial charge in [-0.05, 0) is 64.2 Å². The molecule has 0 radical (unpaired) electrons. The van der Waals surface area contributed by atoms with Gasteiger partial charge < -0.3 is 21.1 Å². The molecule has 9 heteroatoms. The average molecular weight is 735 g/mol. The summed E-state index contributed by atoms with van der Waals surface area (Å²) in [5.74, 6) is -0.218. The number of hydrogen-bond donors (Lipinski definition) is 4. The predicted octanol–water partition coefficient (Wildman–Crippen LogP) is 10.9. The van der Waals surface area contributed by atoms with Crippen LogP contribution in [0.25, 0.3) is 0 Å². The highest BCUT2D eigenvalue weighted by Crippen LogP contribution is 2.43. The van der Waals surface area contributed by atoms with Crippen molar-refractivity contribution in [2.75, 3.05) is 19.8 Å². The number of hydrogen-bond acceptors (Lipinski definition) is 6. The van der Waals surface area contributed by atoms with Crippen molar-refractivity contribution in [2.24, 2.45) is 5.73 Å². The zero-order valence-corrected chi connectivity index (χ0v) is 33.2. The molecule has 0 aliphatic carbocycles. The van der Waals surface area contributed by atoms with Gasteiger partial charge in [-0.3, -0.25) is 13.8 Å². The zero-order valence-electron chi connectivity index (χ0n) is 32.3. The molecule has 0 saturated carbocycles. The highest BCUT2D eigenvalue weighted by molar-refractivity contribution is 7.47. The molecule has 0 fully saturated rings. The lowest BCUT2D eigenvalue weighted by Gasteiger charge is -2.23. The number of aliphatic hydroxyl groups is 1. The van der Waals surface area contributed by atoms with E-state index in [4.69, 9.17) is 14.8 Å². The molecule has 51 heavy (non-hydrogen) atoms. The molecule has 0 aliphatic rings. The maximum Gasteiger partial charge on any atom is 0.472 e. The predicted molar refractivity (Wildman–Crippen MR) is 216 cm³/mol. The molecule has 0 aromatic rings. The van der Waals surface area contributed by atoms with E-state index in [0.29, 0.717) is 6.42 Å². The van der Waals surface area contributed by atoms with Crippen molar-refractivity contribution < 1.29 is 28.4 Å². The lowest BCUT2D eigenvalue weighted by molar-refractivity contribution is -0.123. The Bertz CT molecular complexity index is 1020. The molecule has 0 aromatic heterocycles. The van der Waals surface area contributed by atoms with Gasteiger partial charge in [-0.25, -0.2) is 4.57 Å². The van der Waals surface area contributed by atoms with Crippen LogP contribution in [0, 0.1) is 0 Å². The monoisotopic (exact) mass is 735 g/mol. The summed E-state index contributed by atoms with van der Waals surface area (Å²) in [7, 11) is -4.34. The molecule has 0 heterocycles. The Morgan fingerprint density at radius 2 is 1.14 bits per heavy atom. The van der Waals surface area contributed by atoms with Gasteiger partial charge in [0.05, 0.1) is 25.4 Å². The molecule has 0 aromatic carbocycles. The van der Waals surface area contributed by atoms with E-state index >= 15 is 0 Å². The fourth-order valence-electron chi connectivity index (χ4n) is 5.27. The minimum absolute atomic E-state index is 0.0711. The first-order chi connectivity index (χ1) is 24.9. The first-order valence-electron chi connectivity index (χ1n) is 20.1. The smallest absolute Gasteiger partial charge is 0.387 e. The van der Waals surface area contributed by atoms with Crippen molar-refractivity contribution in [3.05, 3.63) is 72.9 Å². The summed E-state index contributed by atoms with van der Waals surface area (Å²) in [4.78, 5) is 22.6. The largest absolute Gasteiger partial charge is 0.472 e. The second-order valence-corrected chi connectivity index (χ2v) is 14.6. The zero-order chi connectivity index (χ0) is 37.5. The lowest BCUT2D eigenvalue weighted by atomic mass is 10.1. The molecule has 3 atom stereocenters. The van der Waals surface area contributed by atoms with Crippen LogP contribution in [0.5, 0.6) is 0 Å². The summed E-state index contributed by atoms with van der Waals surface area (Å²) < 4.78 is 22.0. The Kier molecular flexibility index (Phi) is 36.2. The number of amides is 1. The maximum absolute atomic E-state index is 12.7. The lowest BCUT2D eigenvalue weighted by Crippen LogP contribution is -2.45. The molecule has 1 amide bonds. The normalized spacial score (nSPS) is 15.0. The second kappa shape index (κ2) is 37.7. The number of aliphatic hydroxyl groups excluding tert-OH is 1. The van der Waals surface area contributed by atoms with Gasteiger partial charge >= 0.3 is 7.82 Å². The van der Waals surface area contributed by atoms with E-state index in [2.05, 4.69) is 79.9 Å². The number of nitrogens with one attached hydrogen (secondary N) is 1. The number of unbranched alkanes of at least 4 members (excludes halogenated alkanes) is 14. The topological polar surface area (TPSA) is 131 Å². The van der Waals surface area contributed by atoms with Crippen molar-refractivity contribution in [1.29, 1.82) is 0 Å². The summed E-state index contributed by atoms with van der Waals surface area (Å²) >= 11 is 0. The van der Waals surface area contributed by atoms with E-state index in [1.807, 2.05) is 6.08 Å². The molecule has 0 bridgehead atoms. The SMILES string of the molecule is CC/C=C\C/C=C\C/C=C\C/C=C\C/C=C\CCCCCCCC(=O)NC(COP(=O)(O)OCCN)C(O)/C=C/CCCCCCCCCCC. The summed E-state index contributed by atoms with van der Waals surface area (Å²) in [5.41, 5.74) is 5.35. The minimum atomic E-state index is -4.34. The van der Waals surface area contributed by atoms with Gasteiger partial charge in [0.15, 0.2) is 0 Å². The molecular formula is C42H75N2O6P. The quantitative estimate of drug-likeness (QED) is 0.0286. The van der Waals surface area contributed by atoms with E-state index in [0.717, 1.165) is 89.9 Å². The number of nitrogens with two attached hydrogens (primary N) is 1. The highest BCUT2D eigenvalue weighted by atomic mass is 31.2. The summed E-state index contributed by atoms with van der Waals surface area (Å²) in [6, 6.07) is -0.873. The molecule has 0 aliphatic heterocycles. The van der Waals surface area contributed by atoms with Gasteiger partial charge in [-0.1, -0.05) is 157 Å². The maximum atomic E-state index is 12.7. The van der Waals surface area contributed by atoms with Gasteiger partial charge in [-0.2, -0.15) is 0 Å². The molecule has 0 saturated heterocycles. The number of phosphoric acid groups is 1. The number of carbonyl (C=O) groups excluding carboxylic acids is 1. The van der Waals surface area contributed by atoms with Gasteiger partial charge in [0.2, 0.25) is 5.91 Å². The van der Waals surface area contributed by atoms with E-state index in [1.54, 1.807) is 6.08 Å². The summed E-state index contributed by atoms with van der Waals surface area (Å²) in [6.45, 7) is 3.96. The van der Waals surface area contributed by atoms with Crippen molar-refractivity contribution in [3.63, 3.8) is 0 Å². The van der Waals surface area contributed by atoms with Gasteiger partial charge in [0.1, 0.15) is 0 Å². The van der Waals surface area contributed by atoms with Crippen LogP contribution in [-0.2, 0) is 18.4 Å². The molecular weight excluding hydrogens is 659 g/mol. The number of rotatable bonds is 36. The van der Waals surface area contributed by atoms with E-state index in [1.165, 1.54) is 44.9 Å². The average Bonchev–Trinajstić information content (AvgIpc) is 3.12. The van der Waals surface area contributed by atoms with Crippen LogP contribution in [0.15, 0.2) is 72.9 Å². The van der Waals surface area contributed by atoms with Crippen LogP contribution in [0.4, 0.5) is 0 Å². The summed E-state index contributed by atoms with van der Waals surface area (Å²) in [6.07, 6.45) is 48.0. The fourth-order valence-corrected chi connectivity index (χ4v) is 6.03. The van der Waals surface area contributed by atoms with Crippen LogP contribution >= 0.6 is 7.82 Å². The van der Waals surface area contributed by atoms with Crippen LogP contribution < -0.4 is 11.1 Å². The van der Waals surface area contributed by atoms with E-state index in [9.17, 15) is 19.4 Å². The van der Waals surface area contributed by atoms with Crippen molar-refractivity contribution in [3.8, 4) is 0 Å². The van der Waals surface area contributed by atoms with Crippen LogP contribution in [-0.4, -0.2) is 47.8 Å². The Balaban J connectivity index is 4.28. The van der Waals surface area contributed by atoms with E-state index < -0.39 is 20.0 Å². The molecule has 0 rings (SSSR count). The van der Waals surface area contributed by atoms with Gasteiger partial charge in [-0.15, -0.1) is 0 Å². The van der Waals surface area contributed by atoms with Crippen molar-refractivity contribution in [2.45, 2.75) is 167 Å². The Morgan fingerprint density at radius 3 is 1.67 bits per heavy atom. The molecule has 5 N–H and O–H groups in total. The van der Waals surface area contributed by atoms with Crippen LogP contribution in [0.1, 0.15) is 155 Å². The van der Waals surface area contributed by atoms with Gasteiger partial charge in [0.25, 0.3) is 0 Å².